The first-order valence-corrected chi connectivity index (χ1v) is 16.0. The third-order valence-corrected chi connectivity index (χ3v) is 7.08. The van der Waals surface area contributed by atoms with Crippen molar-refractivity contribution in [2.75, 3.05) is 6.61 Å². The van der Waals surface area contributed by atoms with Crippen molar-refractivity contribution in [2.45, 2.75) is 147 Å². The lowest BCUT2D eigenvalue weighted by Crippen LogP contribution is -2.50. The van der Waals surface area contributed by atoms with Gasteiger partial charge in [0, 0.05) is 0 Å². The SMILES string of the molecule is [2H]OP(=O)(O)O[C@H](C(O)CCCCCCCCC/C=C\CCCC/C=C\CCCCC)[C@@H](O)[C@H](O)[C@H](O)CO. The molecule has 0 radical (unpaired) electrons. The summed E-state index contributed by atoms with van der Waals surface area (Å²) in [5.74, 6) is 0. The lowest BCUT2D eigenvalue weighted by atomic mass is 9.96. The Labute approximate surface area is 231 Å². The van der Waals surface area contributed by atoms with E-state index >= 15 is 0 Å². The van der Waals surface area contributed by atoms with Crippen molar-refractivity contribution in [1.29, 1.82) is 1.43 Å². The van der Waals surface area contributed by atoms with E-state index in [1.165, 1.54) is 44.9 Å². The molecule has 7 N–H and O–H groups in total. The lowest BCUT2D eigenvalue weighted by molar-refractivity contribution is -0.137. The van der Waals surface area contributed by atoms with E-state index in [9.17, 15) is 29.9 Å². The summed E-state index contributed by atoms with van der Waals surface area (Å²) in [6.07, 6.45) is 18.1. The highest BCUT2D eigenvalue weighted by Gasteiger charge is 2.39. The molecule has 0 fully saturated rings. The van der Waals surface area contributed by atoms with Crippen molar-refractivity contribution >= 4 is 7.82 Å². The van der Waals surface area contributed by atoms with Gasteiger partial charge in [0.2, 0.25) is 1.43 Å². The van der Waals surface area contributed by atoms with E-state index in [-0.39, 0.29) is 6.42 Å². The van der Waals surface area contributed by atoms with Gasteiger partial charge in [0.05, 0.1) is 12.7 Å². The summed E-state index contributed by atoms with van der Waals surface area (Å²) in [4.78, 5) is 13.0. The predicted molar refractivity (Wildman–Crippen MR) is 150 cm³/mol. The number of hydrogen-bond donors (Lipinski definition) is 7. The molecule has 0 bridgehead atoms. The smallest absolute Gasteiger partial charge is 0.394 e. The Bertz CT molecular complexity index is 665. The Morgan fingerprint density at radius 1 is 0.711 bits per heavy atom. The van der Waals surface area contributed by atoms with Crippen molar-refractivity contribution in [2.24, 2.45) is 0 Å². The van der Waals surface area contributed by atoms with Crippen molar-refractivity contribution in [3.63, 3.8) is 0 Å². The van der Waals surface area contributed by atoms with Crippen molar-refractivity contribution in [3.8, 4) is 0 Å². The Balaban J connectivity index is 3.96. The van der Waals surface area contributed by atoms with E-state index < -0.39 is 44.9 Å². The summed E-state index contributed by atoms with van der Waals surface area (Å²) >= 11 is 0. The molecule has 0 saturated carbocycles. The molecule has 0 aromatic carbocycles. The van der Waals surface area contributed by atoms with Gasteiger partial charge in [-0.3, -0.25) is 4.52 Å². The zero-order valence-electron chi connectivity index (χ0n) is 24.3. The van der Waals surface area contributed by atoms with Crippen LogP contribution < -0.4 is 0 Å². The van der Waals surface area contributed by atoms with Gasteiger partial charge in [-0.05, 0) is 57.8 Å². The number of hydrogen-bond acceptors (Lipinski definition) is 8. The van der Waals surface area contributed by atoms with Crippen LogP contribution in [-0.4, -0.2) is 73.9 Å². The molecule has 6 atom stereocenters. The standard InChI is InChI=1S/C28H55O9P/c1-2-3-4-5-6-7-8-9-10-11-12-13-14-15-16-17-18-19-20-21-22-24(30)28(37-38(34,35)36)27(33)26(32)25(31)23-29/h6-7,12-13,24-33H,2-5,8-11,14-23H2,1H3,(H2,34,35,36)/b7-6-,13-12-/t24?,25-,26-,27+,28-/m1/s1/i/hD. The average Bonchev–Trinajstić information content (AvgIpc) is 2.93. The fourth-order valence-corrected chi connectivity index (χ4v) is 4.79. The van der Waals surface area contributed by atoms with E-state index in [1.807, 2.05) is 0 Å². The molecule has 0 aliphatic heterocycles. The number of aliphatic hydroxyl groups excluding tert-OH is 5. The number of phosphoric ester groups is 1. The van der Waals surface area contributed by atoms with Crippen LogP contribution in [0.3, 0.4) is 0 Å². The van der Waals surface area contributed by atoms with E-state index in [4.69, 9.17) is 6.54 Å². The molecule has 0 heterocycles. The van der Waals surface area contributed by atoms with Crippen LogP contribution in [0, 0.1) is 0 Å². The summed E-state index contributed by atoms with van der Waals surface area (Å²) in [6.45, 7) is 1.35. The van der Waals surface area contributed by atoms with Crippen LogP contribution in [0.25, 0.3) is 0 Å². The monoisotopic (exact) mass is 567 g/mol. The van der Waals surface area contributed by atoms with Crippen molar-refractivity contribution < 1.29 is 44.4 Å². The van der Waals surface area contributed by atoms with Gasteiger partial charge < -0.3 is 35.3 Å². The normalized spacial score (nSPS) is 18.3. The molecule has 38 heavy (non-hydrogen) atoms. The summed E-state index contributed by atoms with van der Waals surface area (Å²) in [7, 11) is -4.91. The maximum Gasteiger partial charge on any atom is 0.470 e. The minimum atomic E-state index is -4.91. The zero-order chi connectivity index (χ0) is 29.4. The fraction of sp³-hybridized carbons (Fsp3) is 0.857. The van der Waals surface area contributed by atoms with E-state index in [1.54, 1.807) is 0 Å². The first-order chi connectivity index (χ1) is 18.7. The van der Waals surface area contributed by atoms with Crippen LogP contribution >= 0.6 is 7.82 Å². The number of rotatable bonds is 27. The number of phosphoric acid groups is 1. The molecule has 0 saturated heterocycles. The van der Waals surface area contributed by atoms with Crippen LogP contribution in [0.15, 0.2) is 24.3 Å². The topological polar surface area (TPSA) is 168 Å². The molecule has 0 aliphatic rings. The van der Waals surface area contributed by atoms with Gasteiger partial charge in [0.25, 0.3) is 0 Å². The molecule has 226 valence electrons. The Kier molecular flexibility index (Phi) is 22.6. The molecule has 0 rings (SSSR count). The molecule has 0 aromatic rings. The Morgan fingerprint density at radius 3 is 1.63 bits per heavy atom. The molecule has 0 aromatic heterocycles. The van der Waals surface area contributed by atoms with Gasteiger partial charge in [-0.15, -0.1) is 0 Å². The summed E-state index contributed by atoms with van der Waals surface area (Å²) in [6, 6.07) is 0. The van der Waals surface area contributed by atoms with E-state index in [0.717, 1.165) is 51.4 Å². The van der Waals surface area contributed by atoms with Gasteiger partial charge in [-0.1, -0.05) is 82.6 Å². The highest BCUT2D eigenvalue weighted by molar-refractivity contribution is 7.46. The molecular formula is C28H55O9P. The van der Waals surface area contributed by atoms with Crippen LogP contribution in [-0.2, 0) is 9.09 Å². The highest BCUT2D eigenvalue weighted by Crippen LogP contribution is 2.40. The maximum absolute atomic E-state index is 11.6. The zero-order valence-corrected chi connectivity index (χ0v) is 24.2. The van der Waals surface area contributed by atoms with Crippen molar-refractivity contribution in [3.05, 3.63) is 24.3 Å². The largest absolute Gasteiger partial charge is 0.470 e. The van der Waals surface area contributed by atoms with Gasteiger partial charge in [0.1, 0.15) is 24.4 Å². The molecule has 9 nitrogen and oxygen atoms in total. The lowest BCUT2D eigenvalue weighted by Gasteiger charge is -2.31. The highest BCUT2D eigenvalue weighted by atomic mass is 31.2. The van der Waals surface area contributed by atoms with Gasteiger partial charge in [0.15, 0.2) is 0 Å². The second-order valence-electron chi connectivity index (χ2n) is 10.1. The van der Waals surface area contributed by atoms with Crippen LogP contribution in [0.4, 0.5) is 0 Å². The molecule has 10 heteroatoms. The number of allylic oxidation sites excluding steroid dienone is 4. The number of unbranched alkanes of at least 4 members (excludes halogenated alkanes) is 13. The summed E-state index contributed by atoms with van der Waals surface area (Å²) in [5, 5.41) is 49.0. The molecule has 0 spiro atoms. The maximum atomic E-state index is 11.6. The molecule has 2 unspecified atom stereocenters. The molecular weight excluding hydrogens is 511 g/mol. The first-order valence-electron chi connectivity index (χ1n) is 14.9. The first kappa shape index (κ1) is 35.4. The average molecular weight is 568 g/mol. The second kappa shape index (κ2) is 24.2. The summed E-state index contributed by atoms with van der Waals surface area (Å²) in [5.41, 5.74) is 0. The quantitative estimate of drug-likeness (QED) is 0.0424. The van der Waals surface area contributed by atoms with Crippen LogP contribution in [0.2, 0.25) is 0 Å². The van der Waals surface area contributed by atoms with Gasteiger partial charge >= 0.3 is 7.82 Å². The fourth-order valence-electron chi connectivity index (χ4n) is 4.22. The molecule has 0 aliphatic carbocycles. The minimum Gasteiger partial charge on any atom is -0.394 e. The number of aliphatic hydroxyl groups is 5. The van der Waals surface area contributed by atoms with Gasteiger partial charge in [-0.2, -0.15) is 0 Å². The van der Waals surface area contributed by atoms with E-state index in [0.29, 0.717) is 6.42 Å². The van der Waals surface area contributed by atoms with E-state index in [2.05, 4.69) is 40.6 Å². The minimum absolute atomic E-state index is 0.0989. The third-order valence-electron chi connectivity index (χ3n) is 6.57. The Morgan fingerprint density at radius 2 is 1.16 bits per heavy atom. The Hall–Kier alpha value is -0.610. The predicted octanol–water partition coefficient (Wildman–Crippen LogP) is 4.66. The second-order valence-corrected chi connectivity index (χ2v) is 11.3. The molecule has 0 amide bonds. The van der Waals surface area contributed by atoms with Crippen LogP contribution in [0.1, 0.15) is 116 Å². The van der Waals surface area contributed by atoms with Gasteiger partial charge in [-0.25, -0.2) is 4.57 Å². The third kappa shape index (κ3) is 21.2. The van der Waals surface area contributed by atoms with Crippen molar-refractivity contribution in [1.82, 2.24) is 0 Å². The summed E-state index contributed by atoms with van der Waals surface area (Å²) < 4.78 is 22.9. The van der Waals surface area contributed by atoms with Crippen LogP contribution in [0.5, 0.6) is 0 Å².